The summed E-state index contributed by atoms with van der Waals surface area (Å²) >= 11 is 3.14. The van der Waals surface area contributed by atoms with E-state index >= 15 is 0 Å². The normalized spacial score (nSPS) is 12.4. The second-order valence-corrected chi connectivity index (χ2v) is 5.22. The number of halogens is 4. The van der Waals surface area contributed by atoms with Gasteiger partial charge in [-0.25, -0.2) is 0 Å². The van der Waals surface area contributed by atoms with Gasteiger partial charge in [-0.05, 0) is 35.8 Å². The van der Waals surface area contributed by atoms with Crippen molar-refractivity contribution >= 4 is 15.9 Å². The SMILES string of the molecule is CC(C)N(Cc1cccc(Br)c1O)CC(F)(F)F. The number of nitrogens with zero attached hydrogens (tertiary/aromatic N) is 1. The summed E-state index contributed by atoms with van der Waals surface area (Å²) in [6, 6.07) is 4.68. The first kappa shape index (κ1) is 15.3. The molecule has 0 saturated heterocycles. The van der Waals surface area contributed by atoms with Crippen molar-refractivity contribution in [3.8, 4) is 5.75 Å². The van der Waals surface area contributed by atoms with Gasteiger partial charge >= 0.3 is 6.18 Å². The Hall–Kier alpha value is -0.750. The smallest absolute Gasteiger partial charge is 0.401 e. The van der Waals surface area contributed by atoms with Crippen molar-refractivity contribution in [1.82, 2.24) is 4.90 Å². The lowest BCUT2D eigenvalue weighted by atomic mass is 10.1. The lowest BCUT2D eigenvalue weighted by Crippen LogP contribution is -2.38. The summed E-state index contributed by atoms with van der Waals surface area (Å²) in [6.45, 7) is 2.46. The molecule has 0 atom stereocenters. The zero-order valence-corrected chi connectivity index (χ0v) is 11.7. The van der Waals surface area contributed by atoms with Gasteiger partial charge in [-0.2, -0.15) is 13.2 Å². The number of phenolic OH excluding ortho intramolecular Hbond substituents is 1. The molecule has 0 aliphatic carbocycles. The first-order valence-electron chi connectivity index (χ1n) is 5.48. The molecule has 2 nitrogen and oxygen atoms in total. The molecular weight excluding hydrogens is 311 g/mol. The summed E-state index contributed by atoms with van der Waals surface area (Å²) in [5, 5.41) is 9.77. The van der Waals surface area contributed by atoms with E-state index in [2.05, 4.69) is 15.9 Å². The molecule has 1 aromatic carbocycles. The van der Waals surface area contributed by atoms with Crippen molar-refractivity contribution < 1.29 is 18.3 Å². The topological polar surface area (TPSA) is 23.5 Å². The van der Waals surface area contributed by atoms with Crippen LogP contribution < -0.4 is 0 Å². The summed E-state index contributed by atoms with van der Waals surface area (Å²) in [7, 11) is 0. The maximum absolute atomic E-state index is 12.4. The Kier molecular flexibility index (Phi) is 5.04. The van der Waals surface area contributed by atoms with E-state index in [4.69, 9.17) is 0 Å². The molecule has 0 radical (unpaired) electrons. The number of aromatic hydroxyl groups is 1. The zero-order chi connectivity index (χ0) is 13.9. The fraction of sp³-hybridized carbons (Fsp3) is 0.500. The first-order chi connectivity index (χ1) is 8.20. The van der Waals surface area contributed by atoms with Crippen LogP contribution >= 0.6 is 15.9 Å². The molecule has 6 heteroatoms. The van der Waals surface area contributed by atoms with E-state index in [1.54, 1.807) is 32.0 Å². The Balaban J connectivity index is 2.87. The largest absolute Gasteiger partial charge is 0.506 e. The third-order valence-electron chi connectivity index (χ3n) is 2.56. The number of alkyl halides is 3. The fourth-order valence-electron chi connectivity index (χ4n) is 1.56. The molecule has 0 spiro atoms. The van der Waals surface area contributed by atoms with Gasteiger partial charge in [-0.15, -0.1) is 0 Å². The molecule has 0 aliphatic rings. The van der Waals surface area contributed by atoms with Crippen LogP contribution in [0.3, 0.4) is 0 Å². The highest BCUT2D eigenvalue weighted by Gasteiger charge is 2.32. The first-order valence-corrected chi connectivity index (χ1v) is 6.27. The predicted octanol–water partition coefficient (Wildman–Crippen LogP) is 3.93. The third kappa shape index (κ3) is 4.49. The van der Waals surface area contributed by atoms with Gasteiger partial charge in [0.1, 0.15) is 5.75 Å². The van der Waals surface area contributed by atoms with Crippen molar-refractivity contribution in [2.24, 2.45) is 0 Å². The number of rotatable bonds is 4. The second-order valence-electron chi connectivity index (χ2n) is 4.36. The lowest BCUT2D eigenvalue weighted by molar-refractivity contribution is -0.150. The van der Waals surface area contributed by atoms with E-state index in [9.17, 15) is 18.3 Å². The van der Waals surface area contributed by atoms with Crippen LogP contribution in [-0.4, -0.2) is 28.8 Å². The Morgan fingerprint density at radius 2 is 1.94 bits per heavy atom. The average Bonchev–Trinajstić information content (AvgIpc) is 2.21. The number of benzene rings is 1. The van der Waals surface area contributed by atoms with E-state index in [0.717, 1.165) is 0 Å². The van der Waals surface area contributed by atoms with Crippen LogP contribution in [0.5, 0.6) is 5.75 Å². The minimum absolute atomic E-state index is 0.00896. The van der Waals surface area contributed by atoms with Crippen molar-refractivity contribution in [2.45, 2.75) is 32.6 Å². The van der Waals surface area contributed by atoms with Gasteiger partial charge in [-0.1, -0.05) is 12.1 Å². The predicted molar refractivity (Wildman–Crippen MR) is 67.4 cm³/mol. The van der Waals surface area contributed by atoms with Crippen LogP contribution in [0.25, 0.3) is 0 Å². The molecule has 1 rings (SSSR count). The van der Waals surface area contributed by atoms with Gasteiger partial charge in [0.25, 0.3) is 0 Å². The van der Waals surface area contributed by atoms with Gasteiger partial charge in [0.2, 0.25) is 0 Å². The molecule has 102 valence electrons. The van der Waals surface area contributed by atoms with Crippen LogP contribution in [0.1, 0.15) is 19.4 Å². The van der Waals surface area contributed by atoms with Crippen molar-refractivity contribution in [1.29, 1.82) is 0 Å². The molecule has 0 heterocycles. The Morgan fingerprint density at radius 3 is 2.44 bits per heavy atom. The summed E-state index contributed by atoms with van der Waals surface area (Å²) in [5.41, 5.74) is 0.474. The van der Waals surface area contributed by atoms with E-state index in [0.29, 0.717) is 10.0 Å². The van der Waals surface area contributed by atoms with E-state index in [1.165, 1.54) is 4.90 Å². The van der Waals surface area contributed by atoms with Crippen LogP contribution in [0.4, 0.5) is 13.2 Å². The molecular formula is C12H15BrF3NO. The van der Waals surface area contributed by atoms with Crippen LogP contribution in [0.15, 0.2) is 22.7 Å². The van der Waals surface area contributed by atoms with Gasteiger partial charge in [0, 0.05) is 18.2 Å². The molecule has 1 N–H and O–H groups in total. The zero-order valence-electron chi connectivity index (χ0n) is 10.1. The maximum atomic E-state index is 12.4. The maximum Gasteiger partial charge on any atom is 0.401 e. The van der Waals surface area contributed by atoms with E-state index < -0.39 is 12.7 Å². The minimum Gasteiger partial charge on any atom is -0.506 e. The summed E-state index contributed by atoms with van der Waals surface area (Å²) in [5.74, 6) is -0.00896. The Labute approximate surface area is 113 Å². The van der Waals surface area contributed by atoms with Crippen LogP contribution in [-0.2, 0) is 6.54 Å². The van der Waals surface area contributed by atoms with Gasteiger partial charge in [0.15, 0.2) is 0 Å². The summed E-state index contributed by atoms with van der Waals surface area (Å²) in [6.07, 6.45) is -4.24. The van der Waals surface area contributed by atoms with Crippen molar-refractivity contribution in [3.05, 3.63) is 28.2 Å². The molecule has 0 saturated carbocycles. The molecule has 0 fully saturated rings. The Morgan fingerprint density at radius 1 is 1.33 bits per heavy atom. The monoisotopic (exact) mass is 325 g/mol. The molecule has 18 heavy (non-hydrogen) atoms. The number of para-hydroxylation sites is 1. The molecule has 0 aromatic heterocycles. The highest BCUT2D eigenvalue weighted by Crippen LogP contribution is 2.29. The second kappa shape index (κ2) is 5.93. The van der Waals surface area contributed by atoms with Gasteiger partial charge in [-0.3, -0.25) is 4.90 Å². The average molecular weight is 326 g/mol. The van der Waals surface area contributed by atoms with Gasteiger partial charge < -0.3 is 5.11 Å². The number of hydrogen-bond acceptors (Lipinski definition) is 2. The van der Waals surface area contributed by atoms with Crippen LogP contribution in [0, 0.1) is 0 Å². The highest BCUT2D eigenvalue weighted by atomic mass is 79.9. The molecule has 0 aliphatic heterocycles. The number of hydrogen-bond donors (Lipinski definition) is 1. The molecule has 1 aromatic rings. The van der Waals surface area contributed by atoms with Crippen molar-refractivity contribution in [3.63, 3.8) is 0 Å². The van der Waals surface area contributed by atoms with E-state index in [-0.39, 0.29) is 18.3 Å². The van der Waals surface area contributed by atoms with Crippen molar-refractivity contribution in [2.75, 3.05) is 6.54 Å². The molecule has 0 amide bonds. The fourth-order valence-corrected chi connectivity index (χ4v) is 1.96. The quantitative estimate of drug-likeness (QED) is 0.906. The van der Waals surface area contributed by atoms with Crippen LogP contribution in [0.2, 0.25) is 0 Å². The highest BCUT2D eigenvalue weighted by molar-refractivity contribution is 9.10. The third-order valence-corrected chi connectivity index (χ3v) is 3.20. The number of phenols is 1. The van der Waals surface area contributed by atoms with E-state index in [1.807, 2.05) is 0 Å². The van der Waals surface area contributed by atoms with Gasteiger partial charge in [0.05, 0.1) is 11.0 Å². The molecule has 0 unspecified atom stereocenters. The standard InChI is InChI=1S/C12H15BrF3NO/c1-8(2)17(7-12(14,15)16)6-9-4-3-5-10(13)11(9)18/h3-5,8,18H,6-7H2,1-2H3. The lowest BCUT2D eigenvalue weighted by Gasteiger charge is -2.27. The Bertz CT molecular complexity index is 407. The molecule has 0 bridgehead atoms. The summed E-state index contributed by atoms with van der Waals surface area (Å²) in [4.78, 5) is 1.27. The minimum atomic E-state index is -4.24. The summed E-state index contributed by atoms with van der Waals surface area (Å²) < 4.78 is 37.8.